The Hall–Kier alpha value is -1.36. The molecule has 2 aliphatic heterocycles. The lowest BCUT2D eigenvalue weighted by atomic mass is 9.84. The highest BCUT2D eigenvalue weighted by molar-refractivity contribution is 9.10. The molecule has 3 aliphatic rings. The summed E-state index contributed by atoms with van der Waals surface area (Å²) < 4.78 is 1.08. The number of nitrogens with zero attached hydrogens (tertiary/aromatic N) is 3. The van der Waals surface area contributed by atoms with Gasteiger partial charge in [0, 0.05) is 17.6 Å². The van der Waals surface area contributed by atoms with Crippen LogP contribution in [0.4, 0.5) is 0 Å². The Morgan fingerprint density at radius 2 is 2.20 bits per heavy atom. The van der Waals surface area contributed by atoms with Crippen molar-refractivity contribution < 1.29 is 0 Å². The van der Waals surface area contributed by atoms with E-state index in [4.69, 9.17) is 15.7 Å². The molecule has 4 nitrogen and oxygen atoms in total. The summed E-state index contributed by atoms with van der Waals surface area (Å²) in [5.74, 6) is 2.24. The lowest BCUT2D eigenvalue weighted by Crippen LogP contribution is -2.46. The molecular weight excluding hydrogens is 316 g/mol. The predicted molar refractivity (Wildman–Crippen MR) is 83.8 cm³/mol. The molecule has 0 spiro atoms. The minimum absolute atomic E-state index is 0.339. The van der Waals surface area contributed by atoms with Crippen molar-refractivity contribution in [3.63, 3.8) is 0 Å². The van der Waals surface area contributed by atoms with E-state index in [-0.39, 0.29) is 5.54 Å². The lowest BCUT2D eigenvalue weighted by molar-refractivity contribution is 0.476. The van der Waals surface area contributed by atoms with Gasteiger partial charge in [-0.3, -0.25) is 9.89 Å². The Bertz CT molecular complexity index is 620. The van der Waals surface area contributed by atoms with Crippen molar-refractivity contribution in [3.8, 4) is 0 Å². The van der Waals surface area contributed by atoms with E-state index in [2.05, 4.69) is 39.0 Å². The Morgan fingerprint density at radius 1 is 1.35 bits per heavy atom. The van der Waals surface area contributed by atoms with E-state index in [0.29, 0.717) is 11.9 Å². The van der Waals surface area contributed by atoms with Crippen LogP contribution in [0.25, 0.3) is 0 Å². The number of amidine groups is 1. The fourth-order valence-corrected chi connectivity index (χ4v) is 3.77. The summed E-state index contributed by atoms with van der Waals surface area (Å²) in [7, 11) is 0. The van der Waals surface area contributed by atoms with Gasteiger partial charge in [-0.25, -0.2) is 4.99 Å². The molecule has 0 saturated heterocycles. The predicted octanol–water partition coefficient (Wildman–Crippen LogP) is 2.49. The van der Waals surface area contributed by atoms with Crippen LogP contribution in [0.3, 0.4) is 0 Å². The second-order valence-corrected chi connectivity index (χ2v) is 6.65. The highest BCUT2D eigenvalue weighted by Gasteiger charge is 2.56. The average molecular weight is 333 g/mol. The minimum atomic E-state index is -0.339. The highest BCUT2D eigenvalue weighted by atomic mass is 79.9. The van der Waals surface area contributed by atoms with E-state index in [1.54, 1.807) is 0 Å². The van der Waals surface area contributed by atoms with Crippen molar-refractivity contribution >= 4 is 27.7 Å². The van der Waals surface area contributed by atoms with Crippen LogP contribution in [0, 0.1) is 5.92 Å². The number of guanidine groups is 1. The van der Waals surface area contributed by atoms with Crippen LogP contribution in [-0.4, -0.2) is 29.8 Å². The maximum absolute atomic E-state index is 6.19. The molecule has 4 rings (SSSR count). The number of hydrogen-bond acceptors (Lipinski definition) is 4. The van der Waals surface area contributed by atoms with E-state index in [1.165, 1.54) is 18.4 Å². The van der Waals surface area contributed by atoms with Crippen LogP contribution in [0.5, 0.6) is 0 Å². The molecule has 1 unspecified atom stereocenters. The Labute approximate surface area is 126 Å². The molecule has 1 saturated carbocycles. The van der Waals surface area contributed by atoms with Crippen LogP contribution in [0.1, 0.15) is 24.8 Å². The first kappa shape index (κ1) is 12.4. The van der Waals surface area contributed by atoms with Gasteiger partial charge in [0.05, 0.1) is 0 Å². The summed E-state index contributed by atoms with van der Waals surface area (Å²) >= 11 is 3.57. The molecule has 0 amide bonds. The number of halogens is 1. The molecule has 1 fully saturated rings. The van der Waals surface area contributed by atoms with Crippen molar-refractivity contribution in [3.05, 3.63) is 34.3 Å². The van der Waals surface area contributed by atoms with E-state index in [0.717, 1.165) is 29.8 Å². The van der Waals surface area contributed by atoms with Gasteiger partial charge < -0.3 is 5.73 Å². The van der Waals surface area contributed by atoms with Crippen molar-refractivity contribution in [1.29, 1.82) is 0 Å². The molecule has 1 atom stereocenters. The smallest absolute Gasteiger partial charge is 0.198 e. The zero-order chi connectivity index (χ0) is 13.7. The van der Waals surface area contributed by atoms with Gasteiger partial charge in [-0.2, -0.15) is 0 Å². The molecule has 0 aromatic heterocycles. The van der Waals surface area contributed by atoms with Crippen LogP contribution in [-0.2, 0) is 5.54 Å². The summed E-state index contributed by atoms with van der Waals surface area (Å²) in [6.07, 6.45) is 3.46. The van der Waals surface area contributed by atoms with Crippen LogP contribution < -0.4 is 5.73 Å². The number of nitrogens with two attached hydrogens (primary N) is 1. The zero-order valence-corrected chi connectivity index (χ0v) is 12.8. The molecule has 2 heterocycles. The topological polar surface area (TPSA) is 54.0 Å². The quantitative estimate of drug-likeness (QED) is 0.904. The van der Waals surface area contributed by atoms with Crippen molar-refractivity contribution in [2.45, 2.75) is 24.8 Å². The third-order valence-corrected chi connectivity index (χ3v) is 4.89. The zero-order valence-electron chi connectivity index (χ0n) is 11.2. The van der Waals surface area contributed by atoms with Crippen molar-refractivity contribution in [1.82, 2.24) is 4.90 Å². The molecule has 1 aromatic rings. The highest BCUT2D eigenvalue weighted by Crippen LogP contribution is 2.52. The largest absolute Gasteiger partial charge is 0.369 e. The van der Waals surface area contributed by atoms with E-state index in [9.17, 15) is 0 Å². The molecule has 20 heavy (non-hydrogen) atoms. The Morgan fingerprint density at radius 3 is 2.95 bits per heavy atom. The lowest BCUT2D eigenvalue weighted by Gasteiger charge is -2.32. The summed E-state index contributed by atoms with van der Waals surface area (Å²) in [6, 6.07) is 8.43. The minimum Gasteiger partial charge on any atom is -0.369 e. The van der Waals surface area contributed by atoms with Gasteiger partial charge in [0.15, 0.2) is 5.96 Å². The Kier molecular flexibility index (Phi) is 2.67. The second kappa shape index (κ2) is 4.32. The molecule has 2 N–H and O–H groups in total. The van der Waals surface area contributed by atoms with Crippen molar-refractivity contribution in [2.24, 2.45) is 21.6 Å². The van der Waals surface area contributed by atoms with E-state index >= 15 is 0 Å². The van der Waals surface area contributed by atoms with Crippen LogP contribution in [0.15, 0.2) is 38.7 Å². The summed E-state index contributed by atoms with van der Waals surface area (Å²) in [6.45, 7) is 1.83. The molecular formula is C15H17BrN4. The third kappa shape index (κ3) is 1.65. The number of aliphatic imine (C=N–C) groups is 2. The average Bonchev–Trinajstić information content (AvgIpc) is 3.26. The van der Waals surface area contributed by atoms with Gasteiger partial charge >= 0.3 is 0 Å². The molecule has 0 bridgehead atoms. The maximum Gasteiger partial charge on any atom is 0.198 e. The van der Waals surface area contributed by atoms with Crippen molar-refractivity contribution in [2.75, 3.05) is 13.1 Å². The second-order valence-electron chi connectivity index (χ2n) is 5.73. The van der Waals surface area contributed by atoms with Gasteiger partial charge in [0.2, 0.25) is 0 Å². The number of rotatable bonds is 2. The molecule has 104 valence electrons. The summed E-state index contributed by atoms with van der Waals surface area (Å²) in [4.78, 5) is 11.8. The fraction of sp³-hybridized carbons (Fsp3) is 0.467. The van der Waals surface area contributed by atoms with Gasteiger partial charge in [-0.1, -0.05) is 28.1 Å². The SMILES string of the molecule is NC1=NC(c2cccc(Br)c2)(C2CC2)C2=NCCCN12. The van der Waals surface area contributed by atoms with E-state index in [1.807, 2.05) is 6.07 Å². The third-order valence-electron chi connectivity index (χ3n) is 4.40. The Balaban J connectivity index is 1.91. The first-order valence-electron chi connectivity index (χ1n) is 7.15. The van der Waals surface area contributed by atoms with E-state index < -0.39 is 0 Å². The maximum atomic E-state index is 6.19. The molecule has 1 aliphatic carbocycles. The van der Waals surface area contributed by atoms with Gasteiger partial charge in [-0.15, -0.1) is 0 Å². The fourth-order valence-electron chi connectivity index (χ4n) is 3.38. The van der Waals surface area contributed by atoms with Crippen LogP contribution >= 0.6 is 15.9 Å². The summed E-state index contributed by atoms with van der Waals surface area (Å²) in [5.41, 5.74) is 7.06. The summed E-state index contributed by atoms with van der Waals surface area (Å²) in [5, 5.41) is 0. The number of hydrogen-bond donors (Lipinski definition) is 1. The molecule has 5 heteroatoms. The monoisotopic (exact) mass is 332 g/mol. The first-order chi connectivity index (χ1) is 9.72. The molecule has 0 radical (unpaired) electrons. The van der Waals surface area contributed by atoms with Gasteiger partial charge in [-0.05, 0) is 42.9 Å². The number of benzene rings is 1. The standard InChI is InChI=1S/C15H17BrN4/c16-12-4-1-3-11(9-12)15(10-5-6-10)13-18-7-2-8-20(13)14(17)19-15/h1,3-4,9-10H,2,5-8H2,(H2,17,19). The molecule has 1 aromatic carbocycles. The first-order valence-corrected chi connectivity index (χ1v) is 7.95. The van der Waals surface area contributed by atoms with Gasteiger partial charge in [0.25, 0.3) is 0 Å². The number of fused-ring (bicyclic) bond motifs is 1. The van der Waals surface area contributed by atoms with Crippen LogP contribution in [0.2, 0.25) is 0 Å². The normalized spacial score (nSPS) is 28.9. The van der Waals surface area contributed by atoms with Gasteiger partial charge in [0.1, 0.15) is 11.4 Å².